The van der Waals surface area contributed by atoms with Crippen LogP contribution >= 0.6 is 15.9 Å². The molecule has 0 spiro atoms. The topological polar surface area (TPSA) is 47.0 Å². The molecule has 1 N–H and O–H groups in total. The Balaban J connectivity index is 2.00. The van der Waals surface area contributed by atoms with Crippen molar-refractivity contribution in [3.63, 3.8) is 0 Å². The fraction of sp³-hybridized carbons (Fsp3) is 0.333. The summed E-state index contributed by atoms with van der Waals surface area (Å²) >= 11 is 3.09. The Morgan fingerprint density at radius 3 is 2.48 bits per heavy atom. The van der Waals surface area contributed by atoms with Gasteiger partial charge in [0.2, 0.25) is 0 Å². The summed E-state index contributed by atoms with van der Waals surface area (Å²) < 4.78 is 19.2. The van der Waals surface area contributed by atoms with Crippen molar-refractivity contribution < 1.29 is 9.13 Å². The zero-order valence-electron chi connectivity index (χ0n) is 12.2. The lowest BCUT2D eigenvalue weighted by molar-refractivity contribution is 0.419. The lowest BCUT2D eigenvalue weighted by Crippen LogP contribution is -2.35. The molecular formula is C15H17BrFN3O. The Labute approximate surface area is 131 Å². The molecule has 0 aliphatic rings. The van der Waals surface area contributed by atoms with E-state index in [1.54, 1.807) is 24.5 Å². The molecule has 1 aromatic heterocycles. The van der Waals surface area contributed by atoms with Crippen LogP contribution in [0.3, 0.4) is 0 Å². The number of nitrogens with zero attached hydrogens (tertiary/aromatic N) is 2. The molecule has 21 heavy (non-hydrogen) atoms. The maximum Gasteiger partial charge on any atom is 0.321 e. The second kappa shape index (κ2) is 6.49. The van der Waals surface area contributed by atoms with Crippen molar-refractivity contribution >= 4 is 15.9 Å². The first-order valence-corrected chi connectivity index (χ1v) is 7.32. The Bertz CT molecular complexity index is 611. The van der Waals surface area contributed by atoms with Gasteiger partial charge < -0.3 is 10.1 Å². The second-order valence-corrected chi connectivity index (χ2v) is 6.51. The van der Waals surface area contributed by atoms with Crippen LogP contribution in [-0.4, -0.2) is 15.5 Å². The predicted octanol–water partition coefficient (Wildman–Crippen LogP) is 4.06. The molecule has 0 bridgehead atoms. The number of rotatable bonds is 4. The van der Waals surface area contributed by atoms with Gasteiger partial charge in [-0.1, -0.05) is 0 Å². The van der Waals surface area contributed by atoms with Gasteiger partial charge in [0, 0.05) is 36.1 Å². The smallest absolute Gasteiger partial charge is 0.321 e. The van der Waals surface area contributed by atoms with Crippen LogP contribution in [0.5, 0.6) is 11.8 Å². The molecule has 112 valence electrons. The quantitative estimate of drug-likeness (QED) is 0.900. The summed E-state index contributed by atoms with van der Waals surface area (Å²) in [6, 6.07) is 4.69. The first-order chi connectivity index (χ1) is 9.83. The molecule has 0 amide bonds. The molecule has 0 unspecified atom stereocenters. The molecule has 0 atom stereocenters. The Kier molecular flexibility index (Phi) is 4.90. The minimum Gasteiger partial charge on any atom is -0.424 e. The van der Waals surface area contributed by atoms with Gasteiger partial charge in [0.1, 0.15) is 11.6 Å². The van der Waals surface area contributed by atoms with Crippen molar-refractivity contribution in [1.82, 2.24) is 15.3 Å². The van der Waals surface area contributed by atoms with Gasteiger partial charge in [-0.3, -0.25) is 0 Å². The largest absolute Gasteiger partial charge is 0.424 e. The minimum atomic E-state index is -0.390. The summed E-state index contributed by atoms with van der Waals surface area (Å²) in [7, 11) is 0. The van der Waals surface area contributed by atoms with E-state index in [1.807, 2.05) is 0 Å². The monoisotopic (exact) mass is 353 g/mol. The van der Waals surface area contributed by atoms with Gasteiger partial charge in [-0.25, -0.2) is 14.4 Å². The Morgan fingerprint density at radius 2 is 1.90 bits per heavy atom. The number of halogens is 2. The summed E-state index contributed by atoms with van der Waals surface area (Å²) in [6.45, 7) is 6.95. The second-order valence-electron chi connectivity index (χ2n) is 5.66. The van der Waals surface area contributed by atoms with Crippen LogP contribution in [0, 0.1) is 5.82 Å². The molecule has 0 fully saturated rings. The third kappa shape index (κ3) is 5.06. The van der Waals surface area contributed by atoms with Crippen molar-refractivity contribution in [3.05, 3.63) is 46.4 Å². The number of aromatic nitrogens is 2. The molecule has 6 heteroatoms. The van der Waals surface area contributed by atoms with Crippen molar-refractivity contribution in [1.29, 1.82) is 0 Å². The van der Waals surface area contributed by atoms with E-state index in [0.29, 0.717) is 16.8 Å². The number of hydrogen-bond acceptors (Lipinski definition) is 4. The van der Waals surface area contributed by atoms with E-state index < -0.39 is 5.82 Å². The van der Waals surface area contributed by atoms with Gasteiger partial charge in [0.15, 0.2) is 0 Å². The highest BCUT2D eigenvalue weighted by molar-refractivity contribution is 9.10. The third-order valence-electron chi connectivity index (χ3n) is 2.60. The predicted molar refractivity (Wildman–Crippen MR) is 82.8 cm³/mol. The van der Waals surface area contributed by atoms with Gasteiger partial charge in [-0.15, -0.1) is 0 Å². The third-order valence-corrected chi connectivity index (χ3v) is 3.25. The molecule has 0 saturated carbocycles. The molecule has 0 radical (unpaired) electrons. The standard InChI is InChI=1S/C15H17BrFN3O/c1-15(2,3)20-9-10-7-18-14(19-8-10)21-11-4-5-12(16)13(17)6-11/h4-8,20H,9H2,1-3H3. The van der Waals surface area contributed by atoms with Gasteiger partial charge in [-0.05, 0) is 48.8 Å². The van der Waals surface area contributed by atoms with E-state index >= 15 is 0 Å². The van der Waals surface area contributed by atoms with Gasteiger partial charge in [-0.2, -0.15) is 0 Å². The maximum atomic E-state index is 13.4. The summed E-state index contributed by atoms with van der Waals surface area (Å²) in [5.74, 6) is -0.0326. The van der Waals surface area contributed by atoms with Gasteiger partial charge in [0.05, 0.1) is 4.47 Å². The fourth-order valence-corrected chi connectivity index (χ4v) is 1.75. The van der Waals surface area contributed by atoms with Crippen LogP contribution in [0.4, 0.5) is 4.39 Å². The molecule has 0 aliphatic carbocycles. The van der Waals surface area contributed by atoms with E-state index in [-0.39, 0.29) is 11.5 Å². The molecule has 0 saturated heterocycles. The van der Waals surface area contributed by atoms with E-state index in [9.17, 15) is 4.39 Å². The van der Waals surface area contributed by atoms with Crippen molar-refractivity contribution in [2.24, 2.45) is 0 Å². The molecule has 0 aliphatic heterocycles. The summed E-state index contributed by atoms with van der Waals surface area (Å²) in [5, 5.41) is 3.35. The maximum absolute atomic E-state index is 13.4. The Hall–Kier alpha value is -1.53. The minimum absolute atomic E-state index is 0.0319. The van der Waals surface area contributed by atoms with Crippen LogP contribution in [-0.2, 0) is 6.54 Å². The summed E-state index contributed by atoms with van der Waals surface area (Å²) in [5.41, 5.74) is 0.990. The average molecular weight is 354 g/mol. The highest BCUT2D eigenvalue weighted by Crippen LogP contribution is 2.23. The van der Waals surface area contributed by atoms with Crippen LogP contribution in [0.25, 0.3) is 0 Å². The average Bonchev–Trinajstić information content (AvgIpc) is 2.41. The SMILES string of the molecule is CC(C)(C)NCc1cnc(Oc2ccc(Br)c(F)c2)nc1. The lowest BCUT2D eigenvalue weighted by atomic mass is 10.1. The van der Waals surface area contributed by atoms with Crippen LogP contribution in [0.1, 0.15) is 26.3 Å². The van der Waals surface area contributed by atoms with Crippen LogP contribution in [0.2, 0.25) is 0 Å². The number of ether oxygens (including phenoxy) is 1. The Morgan fingerprint density at radius 1 is 1.24 bits per heavy atom. The van der Waals surface area contributed by atoms with E-state index in [4.69, 9.17) is 4.74 Å². The fourth-order valence-electron chi connectivity index (χ4n) is 1.50. The first kappa shape index (κ1) is 15.9. The summed E-state index contributed by atoms with van der Waals surface area (Å²) in [4.78, 5) is 8.24. The van der Waals surface area contributed by atoms with Crippen molar-refractivity contribution in [2.75, 3.05) is 0 Å². The first-order valence-electron chi connectivity index (χ1n) is 6.52. The van der Waals surface area contributed by atoms with Gasteiger partial charge >= 0.3 is 6.01 Å². The van der Waals surface area contributed by atoms with Crippen LogP contribution in [0.15, 0.2) is 35.1 Å². The van der Waals surface area contributed by atoms with Crippen LogP contribution < -0.4 is 10.1 Å². The molecule has 1 aromatic carbocycles. The molecule has 2 rings (SSSR count). The highest BCUT2D eigenvalue weighted by Gasteiger charge is 2.09. The lowest BCUT2D eigenvalue weighted by Gasteiger charge is -2.20. The number of hydrogen-bond donors (Lipinski definition) is 1. The van der Waals surface area contributed by atoms with E-state index in [2.05, 4.69) is 52.0 Å². The van der Waals surface area contributed by atoms with Gasteiger partial charge in [0.25, 0.3) is 0 Å². The van der Waals surface area contributed by atoms with E-state index in [1.165, 1.54) is 6.07 Å². The molecule has 1 heterocycles. The number of nitrogens with one attached hydrogen (secondary N) is 1. The zero-order chi connectivity index (χ0) is 15.5. The number of benzene rings is 1. The highest BCUT2D eigenvalue weighted by atomic mass is 79.9. The summed E-state index contributed by atoms with van der Waals surface area (Å²) in [6.07, 6.45) is 3.38. The molecular weight excluding hydrogens is 337 g/mol. The zero-order valence-corrected chi connectivity index (χ0v) is 13.7. The van der Waals surface area contributed by atoms with Crippen molar-refractivity contribution in [3.8, 4) is 11.8 Å². The van der Waals surface area contributed by atoms with E-state index in [0.717, 1.165) is 5.56 Å². The van der Waals surface area contributed by atoms with Crippen molar-refractivity contribution in [2.45, 2.75) is 32.9 Å². The molecule has 4 nitrogen and oxygen atoms in total. The normalized spacial score (nSPS) is 11.5. The molecule has 2 aromatic rings.